The molecule has 0 aromatic heterocycles. The number of esters is 1. The molecule has 0 aliphatic heterocycles. The number of carboxylic acids is 1. The van der Waals surface area contributed by atoms with Crippen LogP contribution in [0.25, 0.3) is 0 Å². The fourth-order valence-electron chi connectivity index (χ4n) is 1.50. The lowest BCUT2D eigenvalue weighted by molar-refractivity contribution is -0.142. The number of carbonyl (C=O) groups is 3. The summed E-state index contributed by atoms with van der Waals surface area (Å²) in [6.45, 7) is 0. The Hall–Kier alpha value is -1.35. The molecule has 1 rings (SSSR count). The third-order valence-electron chi connectivity index (χ3n) is 2.65. The second kappa shape index (κ2) is 8.18. The zero-order chi connectivity index (χ0) is 16.0. The summed E-state index contributed by atoms with van der Waals surface area (Å²) in [7, 11) is 1.21. The summed E-state index contributed by atoms with van der Waals surface area (Å²) < 4.78 is 5.22. The van der Waals surface area contributed by atoms with Crippen molar-refractivity contribution in [1.82, 2.24) is 5.32 Å². The van der Waals surface area contributed by atoms with E-state index in [1.165, 1.54) is 13.2 Å². The third-order valence-corrected chi connectivity index (χ3v) is 4.22. The zero-order valence-electron chi connectivity index (χ0n) is 11.1. The van der Waals surface area contributed by atoms with Crippen molar-refractivity contribution in [2.24, 2.45) is 0 Å². The molecule has 8 heteroatoms. The highest BCUT2D eigenvalue weighted by molar-refractivity contribution is 14.1. The van der Waals surface area contributed by atoms with Crippen LogP contribution in [-0.2, 0) is 14.3 Å². The number of hydrogen-bond donors (Lipinski definition) is 2. The molecule has 0 radical (unpaired) electrons. The zero-order valence-corrected chi connectivity index (χ0v) is 14.0. The van der Waals surface area contributed by atoms with Crippen molar-refractivity contribution >= 4 is 52.0 Å². The monoisotopic (exact) mass is 425 g/mol. The van der Waals surface area contributed by atoms with Crippen LogP contribution in [0.1, 0.15) is 23.2 Å². The molecular formula is C13H13ClINO5. The van der Waals surface area contributed by atoms with Crippen LogP contribution in [-0.4, -0.2) is 36.1 Å². The molecule has 6 nitrogen and oxygen atoms in total. The minimum atomic E-state index is -1.22. The largest absolute Gasteiger partial charge is 0.480 e. The quantitative estimate of drug-likeness (QED) is 0.538. The van der Waals surface area contributed by atoms with Gasteiger partial charge in [0.2, 0.25) is 0 Å². The molecule has 114 valence electrons. The van der Waals surface area contributed by atoms with Gasteiger partial charge >= 0.3 is 11.9 Å². The van der Waals surface area contributed by atoms with Crippen LogP contribution < -0.4 is 5.32 Å². The van der Waals surface area contributed by atoms with Crippen molar-refractivity contribution in [1.29, 1.82) is 0 Å². The van der Waals surface area contributed by atoms with E-state index in [-0.39, 0.29) is 18.4 Å². The van der Waals surface area contributed by atoms with Crippen LogP contribution in [0.15, 0.2) is 18.2 Å². The van der Waals surface area contributed by atoms with Crippen molar-refractivity contribution in [3.05, 3.63) is 32.4 Å². The first-order valence-electron chi connectivity index (χ1n) is 5.90. The van der Waals surface area contributed by atoms with Crippen LogP contribution >= 0.6 is 34.2 Å². The molecule has 0 saturated heterocycles. The summed E-state index contributed by atoms with van der Waals surface area (Å²) in [6, 6.07) is 3.48. The lowest BCUT2D eigenvalue weighted by atomic mass is 10.1. The highest BCUT2D eigenvalue weighted by Gasteiger charge is 2.22. The van der Waals surface area contributed by atoms with E-state index >= 15 is 0 Å². The fourth-order valence-corrected chi connectivity index (χ4v) is 2.02. The number of methoxy groups -OCH3 is 1. The molecule has 1 aromatic carbocycles. The van der Waals surface area contributed by atoms with Gasteiger partial charge in [-0.3, -0.25) is 9.59 Å². The first-order chi connectivity index (χ1) is 9.85. The number of aliphatic carboxylic acids is 1. The molecule has 0 heterocycles. The Morgan fingerprint density at radius 1 is 1.43 bits per heavy atom. The lowest BCUT2D eigenvalue weighted by Gasteiger charge is -2.14. The van der Waals surface area contributed by atoms with Gasteiger partial charge in [-0.15, -0.1) is 0 Å². The smallest absolute Gasteiger partial charge is 0.326 e. The number of carbonyl (C=O) groups excluding carboxylic acids is 2. The Bertz CT molecular complexity index is 563. The van der Waals surface area contributed by atoms with Gasteiger partial charge in [-0.25, -0.2) is 4.79 Å². The molecule has 0 saturated carbocycles. The van der Waals surface area contributed by atoms with Gasteiger partial charge in [-0.2, -0.15) is 0 Å². The maximum Gasteiger partial charge on any atom is 0.326 e. The van der Waals surface area contributed by atoms with E-state index in [1.807, 2.05) is 22.6 Å². The molecule has 0 aliphatic carbocycles. The van der Waals surface area contributed by atoms with Gasteiger partial charge < -0.3 is 15.2 Å². The number of amides is 1. The van der Waals surface area contributed by atoms with E-state index < -0.39 is 23.9 Å². The molecule has 1 amide bonds. The van der Waals surface area contributed by atoms with Crippen molar-refractivity contribution in [2.75, 3.05) is 7.11 Å². The highest BCUT2D eigenvalue weighted by atomic mass is 127. The lowest BCUT2D eigenvalue weighted by Crippen LogP contribution is -2.41. The average Bonchev–Trinajstić information content (AvgIpc) is 2.45. The number of rotatable bonds is 6. The van der Waals surface area contributed by atoms with Gasteiger partial charge in [0.05, 0.1) is 12.1 Å². The summed E-state index contributed by atoms with van der Waals surface area (Å²) in [4.78, 5) is 34.1. The minimum Gasteiger partial charge on any atom is -0.480 e. The molecule has 2 N–H and O–H groups in total. The van der Waals surface area contributed by atoms with E-state index in [4.69, 9.17) is 16.7 Å². The number of benzene rings is 1. The maximum absolute atomic E-state index is 12.0. The summed E-state index contributed by atoms with van der Waals surface area (Å²) in [5, 5.41) is 11.8. The van der Waals surface area contributed by atoms with Gasteiger partial charge in [0.1, 0.15) is 6.04 Å². The molecule has 0 fully saturated rings. The van der Waals surface area contributed by atoms with E-state index in [1.54, 1.807) is 12.1 Å². The van der Waals surface area contributed by atoms with Crippen LogP contribution in [0, 0.1) is 3.57 Å². The minimum absolute atomic E-state index is 0.0498. The number of halogens is 2. The molecule has 21 heavy (non-hydrogen) atoms. The summed E-state index contributed by atoms with van der Waals surface area (Å²) in [5.74, 6) is -2.32. The molecule has 0 bridgehead atoms. The Balaban J connectivity index is 2.74. The Morgan fingerprint density at radius 3 is 2.62 bits per heavy atom. The molecule has 1 aromatic rings. The first-order valence-corrected chi connectivity index (χ1v) is 7.36. The van der Waals surface area contributed by atoms with Crippen LogP contribution in [0.2, 0.25) is 5.02 Å². The van der Waals surface area contributed by atoms with E-state index in [0.29, 0.717) is 5.02 Å². The number of hydrogen-bond acceptors (Lipinski definition) is 4. The molecular weight excluding hydrogens is 413 g/mol. The first kappa shape index (κ1) is 17.7. The van der Waals surface area contributed by atoms with Gasteiger partial charge in [0, 0.05) is 15.6 Å². The topological polar surface area (TPSA) is 92.7 Å². The predicted octanol–water partition coefficient (Wildman–Crippen LogP) is 2.08. The Labute approximate surface area is 139 Å². The van der Waals surface area contributed by atoms with Crippen LogP contribution in [0.5, 0.6) is 0 Å². The Morgan fingerprint density at radius 2 is 2.10 bits per heavy atom. The van der Waals surface area contributed by atoms with Crippen molar-refractivity contribution < 1.29 is 24.2 Å². The Kier molecular flexibility index (Phi) is 6.90. The number of ether oxygens (including phenoxy) is 1. The van der Waals surface area contributed by atoms with Crippen molar-refractivity contribution in [3.8, 4) is 0 Å². The predicted molar refractivity (Wildman–Crippen MR) is 84.3 cm³/mol. The third kappa shape index (κ3) is 5.50. The van der Waals surface area contributed by atoms with Gasteiger partial charge in [0.15, 0.2) is 0 Å². The SMILES string of the molecule is COC(=O)CCC(NC(=O)c1ccc(I)c(Cl)c1)C(=O)O. The van der Waals surface area contributed by atoms with Gasteiger partial charge in [-0.05, 0) is 47.2 Å². The average molecular weight is 426 g/mol. The molecule has 0 aliphatic rings. The number of nitrogens with one attached hydrogen (secondary N) is 1. The normalized spacial score (nSPS) is 11.6. The standard InChI is InChI=1S/C13H13ClINO5/c1-21-11(17)5-4-10(13(19)20)16-12(18)7-2-3-9(15)8(14)6-7/h2-3,6,10H,4-5H2,1H3,(H,16,18)(H,19,20). The fraction of sp³-hybridized carbons (Fsp3) is 0.308. The molecule has 0 spiro atoms. The van der Waals surface area contributed by atoms with Gasteiger partial charge in [0.25, 0.3) is 5.91 Å². The second-order valence-electron chi connectivity index (χ2n) is 4.11. The summed E-state index contributed by atoms with van der Waals surface area (Å²) in [5.41, 5.74) is 0.254. The van der Waals surface area contributed by atoms with Crippen molar-refractivity contribution in [2.45, 2.75) is 18.9 Å². The maximum atomic E-state index is 12.0. The van der Waals surface area contributed by atoms with Gasteiger partial charge in [-0.1, -0.05) is 11.6 Å². The summed E-state index contributed by atoms with van der Waals surface area (Å²) in [6.07, 6.45) is -0.146. The summed E-state index contributed by atoms with van der Waals surface area (Å²) >= 11 is 7.93. The highest BCUT2D eigenvalue weighted by Crippen LogP contribution is 2.19. The van der Waals surface area contributed by atoms with Crippen LogP contribution in [0.4, 0.5) is 0 Å². The van der Waals surface area contributed by atoms with Crippen molar-refractivity contribution in [3.63, 3.8) is 0 Å². The van der Waals surface area contributed by atoms with E-state index in [9.17, 15) is 14.4 Å². The molecule has 1 atom stereocenters. The second-order valence-corrected chi connectivity index (χ2v) is 5.68. The molecule has 1 unspecified atom stereocenters. The van der Waals surface area contributed by atoms with E-state index in [2.05, 4.69) is 10.1 Å². The number of carboxylic acid groups (broad SMARTS) is 1. The van der Waals surface area contributed by atoms with Crippen LogP contribution in [0.3, 0.4) is 0 Å². The van der Waals surface area contributed by atoms with E-state index in [0.717, 1.165) is 3.57 Å².